The number of aromatic nitrogens is 1. The molecule has 2 amide bonds. The second-order valence-corrected chi connectivity index (χ2v) is 3.92. The maximum absolute atomic E-state index is 11.6. The van der Waals surface area contributed by atoms with E-state index in [9.17, 15) is 9.90 Å². The van der Waals surface area contributed by atoms with Crippen molar-refractivity contribution >= 4 is 29.0 Å². The van der Waals surface area contributed by atoms with E-state index in [0.29, 0.717) is 10.7 Å². The lowest BCUT2D eigenvalue weighted by Gasteiger charge is -2.08. The molecule has 1 aromatic heterocycles. The summed E-state index contributed by atoms with van der Waals surface area (Å²) in [5.74, 6) is -0.0549. The third-order valence-electron chi connectivity index (χ3n) is 2.13. The molecule has 2 aromatic rings. The molecule has 5 nitrogen and oxygen atoms in total. The molecule has 3 N–H and O–H groups in total. The number of phenolic OH excluding ortho intramolecular Hbond substituents is 1. The van der Waals surface area contributed by atoms with Crippen molar-refractivity contribution in [2.75, 3.05) is 10.6 Å². The number of amides is 2. The molecule has 0 aliphatic heterocycles. The standard InChI is InChI=1S/C12H10ClN3O2/c13-8-3-4-11(17)10(6-8)16-12(18)15-9-2-1-5-14-7-9/h1-7,17H,(H2,15,16,18). The van der Waals surface area contributed by atoms with Gasteiger partial charge in [0.25, 0.3) is 0 Å². The number of carbonyl (C=O) groups excluding carboxylic acids is 1. The minimum atomic E-state index is -0.486. The number of aromatic hydroxyl groups is 1. The summed E-state index contributed by atoms with van der Waals surface area (Å²) in [5.41, 5.74) is 0.792. The van der Waals surface area contributed by atoms with E-state index in [1.54, 1.807) is 18.3 Å². The van der Waals surface area contributed by atoms with E-state index in [1.807, 2.05) is 0 Å². The number of pyridine rings is 1. The molecule has 0 saturated heterocycles. The Hall–Kier alpha value is -2.27. The van der Waals surface area contributed by atoms with E-state index in [1.165, 1.54) is 24.4 Å². The van der Waals surface area contributed by atoms with Gasteiger partial charge in [-0.3, -0.25) is 4.98 Å². The first-order valence-electron chi connectivity index (χ1n) is 5.12. The van der Waals surface area contributed by atoms with Crippen molar-refractivity contribution in [2.45, 2.75) is 0 Å². The van der Waals surface area contributed by atoms with Gasteiger partial charge in [-0.1, -0.05) is 11.6 Å². The highest BCUT2D eigenvalue weighted by molar-refractivity contribution is 6.31. The number of halogens is 1. The second-order valence-electron chi connectivity index (χ2n) is 3.48. The Morgan fingerprint density at radius 3 is 2.83 bits per heavy atom. The van der Waals surface area contributed by atoms with Gasteiger partial charge < -0.3 is 15.7 Å². The number of nitrogens with one attached hydrogen (secondary N) is 2. The van der Waals surface area contributed by atoms with E-state index in [0.717, 1.165) is 0 Å². The Morgan fingerprint density at radius 2 is 2.11 bits per heavy atom. The zero-order valence-electron chi connectivity index (χ0n) is 9.22. The van der Waals surface area contributed by atoms with Gasteiger partial charge in [0.2, 0.25) is 0 Å². The largest absolute Gasteiger partial charge is 0.506 e. The first kappa shape index (κ1) is 12.2. The Labute approximate surface area is 108 Å². The van der Waals surface area contributed by atoms with Gasteiger partial charge >= 0.3 is 6.03 Å². The van der Waals surface area contributed by atoms with Crippen LogP contribution < -0.4 is 10.6 Å². The Bertz CT molecular complexity index is 561. The third-order valence-corrected chi connectivity index (χ3v) is 2.36. The number of anilines is 2. The lowest BCUT2D eigenvalue weighted by molar-refractivity contribution is 0.262. The molecule has 2 rings (SSSR count). The predicted molar refractivity (Wildman–Crippen MR) is 70.0 cm³/mol. The van der Waals surface area contributed by atoms with Crippen LogP contribution in [0.5, 0.6) is 5.75 Å². The molecule has 6 heteroatoms. The Morgan fingerprint density at radius 1 is 1.28 bits per heavy atom. The summed E-state index contributed by atoms with van der Waals surface area (Å²) < 4.78 is 0. The average molecular weight is 264 g/mol. The molecule has 18 heavy (non-hydrogen) atoms. The lowest BCUT2D eigenvalue weighted by Crippen LogP contribution is -2.19. The fraction of sp³-hybridized carbons (Fsp3) is 0. The number of rotatable bonds is 2. The first-order chi connectivity index (χ1) is 8.65. The molecule has 0 radical (unpaired) electrons. The minimum absolute atomic E-state index is 0.0549. The monoisotopic (exact) mass is 263 g/mol. The van der Waals surface area contributed by atoms with E-state index in [2.05, 4.69) is 15.6 Å². The molecule has 0 fully saturated rings. The molecule has 0 bridgehead atoms. The minimum Gasteiger partial charge on any atom is -0.506 e. The Kier molecular flexibility index (Phi) is 3.64. The molecule has 0 aliphatic rings. The normalized spacial score (nSPS) is 9.83. The van der Waals surface area contributed by atoms with Gasteiger partial charge in [0.1, 0.15) is 5.75 Å². The second kappa shape index (κ2) is 5.37. The molecule has 1 aromatic carbocycles. The quantitative estimate of drug-likeness (QED) is 0.729. The topological polar surface area (TPSA) is 74.2 Å². The summed E-state index contributed by atoms with van der Waals surface area (Å²) in [6.07, 6.45) is 3.11. The fourth-order valence-electron chi connectivity index (χ4n) is 1.33. The van der Waals surface area contributed by atoms with Crippen molar-refractivity contribution in [1.82, 2.24) is 4.98 Å². The molecular weight excluding hydrogens is 254 g/mol. The summed E-state index contributed by atoms with van der Waals surface area (Å²) in [6, 6.07) is 7.31. The zero-order chi connectivity index (χ0) is 13.0. The fourth-order valence-corrected chi connectivity index (χ4v) is 1.50. The highest BCUT2D eigenvalue weighted by Crippen LogP contribution is 2.26. The van der Waals surface area contributed by atoms with Crippen molar-refractivity contribution in [3.63, 3.8) is 0 Å². The molecule has 1 heterocycles. The van der Waals surface area contributed by atoms with Gasteiger partial charge in [0.15, 0.2) is 0 Å². The van der Waals surface area contributed by atoms with Gasteiger partial charge in [-0.2, -0.15) is 0 Å². The highest BCUT2D eigenvalue weighted by atomic mass is 35.5. The summed E-state index contributed by atoms with van der Waals surface area (Å²) >= 11 is 5.77. The average Bonchev–Trinajstić information content (AvgIpc) is 2.35. The van der Waals surface area contributed by atoms with Gasteiger partial charge in [0, 0.05) is 11.2 Å². The number of hydrogen-bond donors (Lipinski definition) is 3. The van der Waals surface area contributed by atoms with Crippen molar-refractivity contribution < 1.29 is 9.90 Å². The summed E-state index contributed by atoms with van der Waals surface area (Å²) in [7, 11) is 0. The van der Waals surface area contributed by atoms with E-state index >= 15 is 0 Å². The maximum atomic E-state index is 11.6. The number of carbonyl (C=O) groups is 1. The number of hydrogen-bond acceptors (Lipinski definition) is 3. The van der Waals surface area contributed by atoms with Gasteiger partial charge in [0.05, 0.1) is 17.6 Å². The highest BCUT2D eigenvalue weighted by Gasteiger charge is 2.07. The van der Waals surface area contributed by atoms with Gasteiger partial charge in [-0.05, 0) is 30.3 Å². The van der Waals surface area contributed by atoms with Crippen molar-refractivity contribution in [3.05, 3.63) is 47.7 Å². The van der Waals surface area contributed by atoms with Crippen LogP contribution in [0.2, 0.25) is 5.02 Å². The zero-order valence-corrected chi connectivity index (χ0v) is 9.98. The number of urea groups is 1. The number of benzene rings is 1. The van der Waals surface area contributed by atoms with Crippen LogP contribution in [0.1, 0.15) is 0 Å². The van der Waals surface area contributed by atoms with Crippen LogP contribution in [0, 0.1) is 0 Å². The summed E-state index contributed by atoms with van der Waals surface area (Å²) in [5, 5.41) is 15.0. The van der Waals surface area contributed by atoms with Crippen LogP contribution in [0.3, 0.4) is 0 Å². The lowest BCUT2D eigenvalue weighted by atomic mass is 10.3. The van der Waals surface area contributed by atoms with Crippen LogP contribution in [-0.2, 0) is 0 Å². The SMILES string of the molecule is O=C(Nc1cccnc1)Nc1cc(Cl)ccc1O. The third kappa shape index (κ3) is 3.11. The summed E-state index contributed by atoms with van der Waals surface area (Å²) in [6.45, 7) is 0. The van der Waals surface area contributed by atoms with Crippen molar-refractivity contribution in [1.29, 1.82) is 0 Å². The predicted octanol–water partition coefficient (Wildman–Crippen LogP) is 3.08. The van der Waals surface area contributed by atoms with Crippen LogP contribution in [0.15, 0.2) is 42.7 Å². The van der Waals surface area contributed by atoms with E-state index in [4.69, 9.17) is 11.6 Å². The molecule has 0 unspecified atom stereocenters. The molecule has 92 valence electrons. The first-order valence-corrected chi connectivity index (χ1v) is 5.49. The van der Waals surface area contributed by atoms with Gasteiger partial charge in [-0.15, -0.1) is 0 Å². The number of nitrogens with zero attached hydrogens (tertiary/aromatic N) is 1. The van der Waals surface area contributed by atoms with Crippen molar-refractivity contribution in [3.8, 4) is 5.75 Å². The smallest absolute Gasteiger partial charge is 0.323 e. The van der Waals surface area contributed by atoms with Crippen LogP contribution in [-0.4, -0.2) is 16.1 Å². The molecule has 0 atom stereocenters. The Balaban J connectivity index is 2.05. The van der Waals surface area contributed by atoms with Crippen LogP contribution in [0.4, 0.5) is 16.2 Å². The molecule has 0 saturated carbocycles. The van der Waals surface area contributed by atoms with Crippen LogP contribution in [0.25, 0.3) is 0 Å². The molecule has 0 spiro atoms. The van der Waals surface area contributed by atoms with Crippen LogP contribution >= 0.6 is 11.6 Å². The van der Waals surface area contributed by atoms with E-state index in [-0.39, 0.29) is 11.4 Å². The van der Waals surface area contributed by atoms with Crippen molar-refractivity contribution in [2.24, 2.45) is 0 Å². The number of phenols is 1. The van der Waals surface area contributed by atoms with Gasteiger partial charge in [-0.25, -0.2) is 4.79 Å². The molecule has 0 aliphatic carbocycles. The maximum Gasteiger partial charge on any atom is 0.323 e. The summed E-state index contributed by atoms with van der Waals surface area (Å²) in [4.78, 5) is 15.5. The molecular formula is C12H10ClN3O2. The van der Waals surface area contributed by atoms with E-state index < -0.39 is 6.03 Å².